The molecule has 0 spiro atoms. The molecule has 1 aliphatic carbocycles. The fraction of sp³-hybridized carbons (Fsp3) is 0.571. The number of aliphatic hydroxyl groups is 1. The molecule has 3 aromatic rings. The average molecular weight is 474 g/mol. The van der Waals surface area contributed by atoms with Crippen molar-refractivity contribution in [1.82, 2.24) is 29.2 Å². The summed E-state index contributed by atoms with van der Waals surface area (Å²) in [6.45, 7) is 4.63. The molecule has 12 heteroatoms. The van der Waals surface area contributed by atoms with Crippen molar-refractivity contribution in [3.63, 3.8) is 0 Å². The number of ether oxygens (including phenoxy) is 2. The van der Waals surface area contributed by atoms with E-state index in [9.17, 15) is 9.90 Å². The minimum Gasteiger partial charge on any atom is -0.460 e. The minimum absolute atomic E-state index is 0.0484. The molecule has 1 unspecified atom stereocenters. The number of nitrogens with one attached hydrogen (secondary N) is 1. The van der Waals surface area contributed by atoms with Gasteiger partial charge in [-0.15, -0.1) is 9.36 Å². The number of aromatic nitrogens is 5. The predicted molar refractivity (Wildman–Crippen MR) is 122 cm³/mol. The Bertz CT molecular complexity index is 1130. The van der Waals surface area contributed by atoms with Crippen molar-refractivity contribution >= 4 is 34.5 Å². The lowest BCUT2D eigenvalue weighted by Gasteiger charge is -2.27. The van der Waals surface area contributed by atoms with E-state index in [1.54, 1.807) is 25.1 Å². The van der Waals surface area contributed by atoms with Gasteiger partial charge in [0.15, 0.2) is 0 Å². The van der Waals surface area contributed by atoms with Crippen LogP contribution in [0.15, 0.2) is 18.6 Å². The van der Waals surface area contributed by atoms with Gasteiger partial charge in [-0.25, -0.2) is 14.8 Å². The summed E-state index contributed by atoms with van der Waals surface area (Å²) in [5, 5.41) is 10.9. The van der Waals surface area contributed by atoms with E-state index < -0.39 is 11.7 Å². The standard InChI is InChI=1S/C21H27N7O4S/c1-21(2,30)10-31-18-25-19(33-26-18)32-20(29)28-8-12-6-14(7-13(12)9-28)27(3)17-15-4-5-22-16(15)23-11-24-17/h4-5,11-14,30H,6-10H2,1-3H3,(H,22,23,24)/t12-,13+,14?. The van der Waals surface area contributed by atoms with Gasteiger partial charge >= 0.3 is 17.3 Å². The van der Waals surface area contributed by atoms with Crippen LogP contribution in [0.1, 0.15) is 26.7 Å². The van der Waals surface area contributed by atoms with E-state index in [0.29, 0.717) is 31.0 Å². The van der Waals surface area contributed by atoms with Gasteiger partial charge < -0.3 is 29.4 Å². The summed E-state index contributed by atoms with van der Waals surface area (Å²) in [5.41, 5.74) is -0.160. The zero-order valence-electron chi connectivity index (χ0n) is 18.8. The van der Waals surface area contributed by atoms with Crippen molar-refractivity contribution in [2.75, 3.05) is 31.6 Å². The highest BCUT2D eigenvalue weighted by molar-refractivity contribution is 7.07. The van der Waals surface area contributed by atoms with E-state index in [2.05, 4.69) is 36.3 Å². The number of fused-ring (bicyclic) bond motifs is 2. The number of carbonyl (C=O) groups is 1. The predicted octanol–water partition coefficient (Wildman–Crippen LogP) is 2.30. The Balaban J connectivity index is 1.15. The first-order chi connectivity index (χ1) is 15.8. The van der Waals surface area contributed by atoms with Gasteiger partial charge in [-0.1, -0.05) is 0 Å². The second-order valence-electron chi connectivity index (χ2n) is 9.41. The molecule has 1 saturated carbocycles. The molecule has 0 aromatic carbocycles. The first-order valence-electron chi connectivity index (χ1n) is 10.9. The van der Waals surface area contributed by atoms with Gasteiger partial charge in [0.05, 0.1) is 11.0 Å². The lowest BCUT2D eigenvalue weighted by Crippen LogP contribution is -2.35. The Morgan fingerprint density at radius 2 is 2.09 bits per heavy atom. The van der Waals surface area contributed by atoms with Crippen molar-refractivity contribution in [3.8, 4) is 11.2 Å². The molecule has 2 fully saturated rings. The summed E-state index contributed by atoms with van der Waals surface area (Å²) in [6.07, 6.45) is 5.05. The number of anilines is 1. The third kappa shape index (κ3) is 4.58. The molecule has 3 atom stereocenters. The van der Waals surface area contributed by atoms with Crippen LogP contribution in [0.2, 0.25) is 0 Å². The van der Waals surface area contributed by atoms with Crippen LogP contribution >= 0.6 is 11.5 Å². The lowest BCUT2D eigenvalue weighted by molar-refractivity contribution is 0.0253. The molecule has 1 amide bonds. The second kappa shape index (κ2) is 8.41. The number of nitrogens with zero attached hydrogens (tertiary/aromatic N) is 6. The lowest BCUT2D eigenvalue weighted by atomic mass is 10.0. The number of rotatable bonds is 6. The molecular formula is C21H27N7O4S. The molecule has 0 bridgehead atoms. The van der Waals surface area contributed by atoms with Gasteiger partial charge in [0, 0.05) is 43.9 Å². The van der Waals surface area contributed by atoms with Crippen LogP contribution in [0.3, 0.4) is 0 Å². The van der Waals surface area contributed by atoms with Crippen LogP contribution in [0.4, 0.5) is 10.6 Å². The van der Waals surface area contributed by atoms with Crippen molar-refractivity contribution in [1.29, 1.82) is 0 Å². The highest BCUT2D eigenvalue weighted by Gasteiger charge is 2.44. The Hall–Kier alpha value is -2.99. The summed E-state index contributed by atoms with van der Waals surface area (Å²) in [5.74, 6) is 1.78. The van der Waals surface area contributed by atoms with E-state index >= 15 is 0 Å². The van der Waals surface area contributed by atoms with E-state index in [4.69, 9.17) is 9.47 Å². The Kier molecular flexibility index (Phi) is 5.57. The topological polar surface area (TPSA) is 130 Å². The van der Waals surface area contributed by atoms with E-state index in [-0.39, 0.29) is 17.8 Å². The molecule has 5 rings (SSSR count). The maximum Gasteiger partial charge on any atom is 0.417 e. The Morgan fingerprint density at radius 3 is 2.82 bits per heavy atom. The van der Waals surface area contributed by atoms with Crippen LogP contribution in [-0.4, -0.2) is 78.8 Å². The summed E-state index contributed by atoms with van der Waals surface area (Å²) in [4.78, 5) is 32.6. The van der Waals surface area contributed by atoms with Crippen molar-refractivity contribution in [2.24, 2.45) is 11.8 Å². The smallest absolute Gasteiger partial charge is 0.417 e. The first kappa shape index (κ1) is 21.8. The molecule has 0 radical (unpaired) electrons. The van der Waals surface area contributed by atoms with Crippen molar-refractivity contribution < 1.29 is 19.4 Å². The third-order valence-electron chi connectivity index (χ3n) is 6.32. The number of hydrogen-bond acceptors (Lipinski definition) is 10. The number of aromatic amines is 1. The molecular weight excluding hydrogens is 446 g/mol. The van der Waals surface area contributed by atoms with Crippen molar-refractivity contribution in [3.05, 3.63) is 18.6 Å². The zero-order chi connectivity index (χ0) is 23.2. The van der Waals surface area contributed by atoms with Gasteiger partial charge in [-0.2, -0.15) is 0 Å². The van der Waals surface area contributed by atoms with E-state index in [0.717, 1.165) is 41.2 Å². The van der Waals surface area contributed by atoms with Gasteiger partial charge in [-0.3, -0.25) is 0 Å². The highest BCUT2D eigenvalue weighted by Crippen LogP contribution is 2.41. The Morgan fingerprint density at radius 1 is 1.33 bits per heavy atom. The van der Waals surface area contributed by atoms with Gasteiger partial charge in [0.25, 0.3) is 0 Å². The normalized spacial score (nSPS) is 22.5. The molecule has 2 N–H and O–H groups in total. The number of hydrogen-bond donors (Lipinski definition) is 2. The van der Waals surface area contributed by atoms with Gasteiger partial charge in [0.2, 0.25) is 0 Å². The quantitative estimate of drug-likeness (QED) is 0.554. The molecule has 1 aliphatic heterocycles. The SMILES string of the molecule is CN(c1ncnc2[nH]ccc12)C1C[C@@H]2CN(C(=O)Oc3nc(OCC(C)(C)O)ns3)C[C@@H]2C1. The molecule has 1 saturated heterocycles. The maximum atomic E-state index is 12.7. The minimum atomic E-state index is -0.998. The van der Waals surface area contributed by atoms with Crippen molar-refractivity contribution in [2.45, 2.75) is 38.3 Å². The summed E-state index contributed by atoms with van der Waals surface area (Å²) in [7, 11) is 2.08. The van der Waals surface area contributed by atoms with Crippen LogP contribution < -0.4 is 14.4 Å². The second-order valence-corrected chi connectivity index (χ2v) is 10.1. The number of likely N-dealkylation sites (tertiary alicyclic amines) is 1. The largest absolute Gasteiger partial charge is 0.460 e. The third-order valence-corrected chi connectivity index (χ3v) is 6.90. The molecule has 3 aromatic heterocycles. The molecule has 11 nitrogen and oxygen atoms in total. The van der Waals surface area contributed by atoms with Crippen LogP contribution in [0, 0.1) is 11.8 Å². The number of H-pyrrole nitrogens is 1. The summed E-state index contributed by atoms with van der Waals surface area (Å²) in [6, 6.07) is 2.46. The van der Waals surface area contributed by atoms with Gasteiger partial charge in [-0.05, 0) is 44.6 Å². The fourth-order valence-corrected chi connectivity index (χ4v) is 5.20. The van der Waals surface area contributed by atoms with Crippen LogP contribution in [0.25, 0.3) is 11.0 Å². The fourth-order valence-electron chi connectivity index (χ4n) is 4.72. The summed E-state index contributed by atoms with van der Waals surface area (Å²) < 4.78 is 14.8. The average Bonchev–Trinajstić information content (AvgIpc) is 3.53. The molecule has 2 aliphatic rings. The van der Waals surface area contributed by atoms with Crippen LogP contribution in [0.5, 0.6) is 11.2 Å². The maximum absolute atomic E-state index is 12.7. The van der Waals surface area contributed by atoms with E-state index in [1.807, 2.05) is 12.3 Å². The summed E-state index contributed by atoms with van der Waals surface area (Å²) >= 11 is 0.953. The molecule has 4 heterocycles. The first-order valence-corrected chi connectivity index (χ1v) is 11.7. The van der Waals surface area contributed by atoms with Crippen LogP contribution in [-0.2, 0) is 0 Å². The highest BCUT2D eigenvalue weighted by atomic mass is 32.1. The molecule has 33 heavy (non-hydrogen) atoms. The number of amides is 1. The zero-order valence-corrected chi connectivity index (χ0v) is 19.6. The monoisotopic (exact) mass is 473 g/mol. The molecule has 176 valence electrons. The number of carbonyl (C=O) groups excluding carboxylic acids is 1. The Labute approximate surface area is 194 Å². The van der Waals surface area contributed by atoms with Gasteiger partial charge in [0.1, 0.15) is 24.4 Å². The van der Waals surface area contributed by atoms with E-state index in [1.165, 1.54) is 0 Å².